The highest BCUT2D eigenvalue weighted by Crippen LogP contribution is 2.09. The third-order valence-corrected chi connectivity index (χ3v) is 1.31. The Bertz CT molecular complexity index is 134. The van der Waals surface area contributed by atoms with E-state index in [1.165, 1.54) is 12.2 Å². The summed E-state index contributed by atoms with van der Waals surface area (Å²) in [6.45, 7) is -0.180. The third kappa shape index (κ3) is 1.54. The fraction of sp³-hybridized carbons (Fsp3) is 0.667. The van der Waals surface area contributed by atoms with Crippen molar-refractivity contribution in [3.8, 4) is 0 Å². The minimum absolute atomic E-state index is 0.180. The molecule has 0 aromatic heterocycles. The molecule has 58 valence electrons. The highest BCUT2D eigenvalue weighted by atomic mass is 16.6. The van der Waals surface area contributed by atoms with Gasteiger partial charge in [-0.15, -0.1) is 0 Å². The predicted octanol–water partition coefficient (Wildman–Crippen LogP) is -1.39. The lowest BCUT2D eigenvalue weighted by Crippen LogP contribution is -2.36. The maximum Gasteiger partial charge on any atom is 0.185 e. The Morgan fingerprint density at radius 3 is 2.50 bits per heavy atom. The van der Waals surface area contributed by atoms with Crippen molar-refractivity contribution < 1.29 is 20.1 Å². The summed E-state index contributed by atoms with van der Waals surface area (Å²) in [5.74, 6) is 0. The van der Waals surface area contributed by atoms with Crippen molar-refractivity contribution in [1.29, 1.82) is 0 Å². The molecular formula is C6H10O4. The Labute approximate surface area is 58.4 Å². The topological polar surface area (TPSA) is 69.9 Å². The standard InChI is InChI=1S/C6H10O4/c7-3-4-1-2-5(8)6(9)10-4/h1-2,4-9H,3H2/t4-,5-,6+/m0/s1. The number of hydrogen-bond donors (Lipinski definition) is 3. The molecule has 0 aromatic rings. The summed E-state index contributed by atoms with van der Waals surface area (Å²) in [5.41, 5.74) is 0. The van der Waals surface area contributed by atoms with E-state index in [1.54, 1.807) is 0 Å². The van der Waals surface area contributed by atoms with Crippen molar-refractivity contribution in [2.45, 2.75) is 18.5 Å². The minimum atomic E-state index is -1.21. The van der Waals surface area contributed by atoms with Crippen LogP contribution >= 0.6 is 0 Å². The number of aliphatic hydroxyl groups excluding tert-OH is 3. The molecule has 0 spiro atoms. The first-order valence-corrected chi connectivity index (χ1v) is 3.05. The van der Waals surface area contributed by atoms with Gasteiger partial charge in [-0.1, -0.05) is 12.2 Å². The molecule has 3 atom stereocenters. The molecule has 4 heteroatoms. The number of ether oxygens (including phenoxy) is 1. The van der Waals surface area contributed by atoms with Gasteiger partial charge in [-0.25, -0.2) is 0 Å². The van der Waals surface area contributed by atoms with Crippen molar-refractivity contribution in [3.05, 3.63) is 12.2 Å². The Kier molecular flexibility index (Phi) is 2.39. The van der Waals surface area contributed by atoms with Crippen LogP contribution in [0.25, 0.3) is 0 Å². The molecule has 3 N–H and O–H groups in total. The van der Waals surface area contributed by atoms with E-state index in [0.717, 1.165) is 0 Å². The van der Waals surface area contributed by atoms with E-state index in [0.29, 0.717) is 0 Å². The molecule has 4 nitrogen and oxygen atoms in total. The summed E-state index contributed by atoms with van der Waals surface area (Å²) in [6.07, 6.45) is 0.246. The van der Waals surface area contributed by atoms with Crippen molar-refractivity contribution in [3.63, 3.8) is 0 Å². The second kappa shape index (κ2) is 3.12. The second-order valence-corrected chi connectivity index (χ2v) is 2.12. The van der Waals surface area contributed by atoms with Crippen molar-refractivity contribution >= 4 is 0 Å². The summed E-state index contributed by atoms with van der Waals surface area (Å²) in [4.78, 5) is 0. The second-order valence-electron chi connectivity index (χ2n) is 2.12. The van der Waals surface area contributed by atoms with Gasteiger partial charge in [0.15, 0.2) is 6.29 Å². The van der Waals surface area contributed by atoms with E-state index in [4.69, 9.17) is 20.1 Å². The highest BCUT2D eigenvalue weighted by molar-refractivity contribution is 4.99. The SMILES string of the molecule is OC[C@@H]1C=C[C@H](O)[C@H](O)O1. The van der Waals surface area contributed by atoms with Crippen LogP contribution in [-0.2, 0) is 4.74 Å². The van der Waals surface area contributed by atoms with Crippen LogP contribution in [0.2, 0.25) is 0 Å². The maximum atomic E-state index is 8.85. The van der Waals surface area contributed by atoms with Crippen LogP contribution in [0.3, 0.4) is 0 Å². The largest absolute Gasteiger partial charge is 0.393 e. The molecule has 0 unspecified atom stereocenters. The first kappa shape index (κ1) is 7.68. The Morgan fingerprint density at radius 2 is 2.00 bits per heavy atom. The fourth-order valence-corrected chi connectivity index (χ4v) is 0.742. The number of aliphatic hydroxyl groups is 3. The molecule has 1 aliphatic rings. The number of rotatable bonds is 1. The van der Waals surface area contributed by atoms with Crippen LogP contribution in [-0.4, -0.2) is 40.4 Å². The molecule has 0 saturated carbocycles. The molecule has 1 rings (SSSR count). The molecule has 0 aromatic carbocycles. The van der Waals surface area contributed by atoms with E-state index in [9.17, 15) is 0 Å². The maximum absolute atomic E-state index is 8.85. The molecule has 0 bridgehead atoms. The third-order valence-electron chi connectivity index (χ3n) is 1.31. The van der Waals surface area contributed by atoms with Crippen LogP contribution < -0.4 is 0 Å². The van der Waals surface area contributed by atoms with Crippen LogP contribution in [0.4, 0.5) is 0 Å². The summed E-state index contributed by atoms with van der Waals surface area (Å²) >= 11 is 0. The highest BCUT2D eigenvalue weighted by Gasteiger charge is 2.22. The van der Waals surface area contributed by atoms with Gasteiger partial charge in [0, 0.05) is 0 Å². The van der Waals surface area contributed by atoms with E-state index < -0.39 is 18.5 Å². The lowest BCUT2D eigenvalue weighted by atomic mass is 10.2. The quantitative estimate of drug-likeness (QED) is 0.398. The van der Waals surface area contributed by atoms with Gasteiger partial charge in [-0.3, -0.25) is 0 Å². The zero-order chi connectivity index (χ0) is 7.56. The van der Waals surface area contributed by atoms with Crippen molar-refractivity contribution in [1.82, 2.24) is 0 Å². The molecule has 1 heterocycles. The predicted molar refractivity (Wildman–Crippen MR) is 33.1 cm³/mol. The molecule has 0 radical (unpaired) electrons. The Hall–Kier alpha value is -0.420. The molecule has 1 aliphatic heterocycles. The molecule has 0 fully saturated rings. The summed E-state index contributed by atoms with van der Waals surface area (Å²) < 4.78 is 4.72. The first-order valence-electron chi connectivity index (χ1n) is 3.05. The van der Waals surface area contributed by atoms with Crippen molar-refractivity contribution in [2.24, 2.45) is 0 Å². The zero-order valence-corrected chi connectivity index (χ0v) is 5.34. The Morgan fingerprint density at radius 1 is 1.30 bits per heavy atom. The monoisotopic (exact) mass is 146 g/mol. The van der Waals surface area contributed by atoms with Gasteiger partial charge in [0.2, 0.25) is 0 Å². The van der Waals surface area contributed by atoms with Crippen LogP contribution in [0.15, 0.2) is 12.2 Å². The molecule has 0 saturated heterocycles. The normalized spacial score (nSPS) is 40.1. The van der Waals surface area contributed by atoms with Gasteiger partial charge < -0.3 is 20.1 Å². The first-order chi connectivity index (χ1) is 4.74. The Balaban J connectivity index is 2.51. The van der Waals surface area contributed by atoms with Gasteiger partial charge in [0.25, 0.3) is 0 Å². The van der Waals surface area contributed by atoms with Gasteiger partial charge >= 0.3 is 0 Å². The average molecular weight is 146 g/mol. The van der Waals surface area contributed by atoms with Crippen LogP contribution in [0.1, 0.15) is 0 Å². The van der Waals surface area contributed by atoms with Gasteiger partial charge in [-0.05, 0) is 0 Å². The zero-order valence-electron chi connectivity index (χ0n) is 5.34. The lowest BCUT2D eigenvalue weighted by Gasteiger charge is -2.24. The molecule has 10 heavy (non-hydrogen) atoms. The van der Waals surface area contributed by atoms with E-state index in [-0.39, 0.29) is 6.61 Å². The van der Waals surface area contributed by atoms with E-state index >= 15 is 0 Å². The summed E-state index contributed by atoms with van der Waals surface area (Å²) in [7, 11) is 0. The molecular weight excluding hydrogens is 136 g/mol. The number of hydrogen-bond acceptors (Lipinski definition) is 4. The summed E-state index contributed by atoms with van der Waals surface area (Å²) in [5, 5.41) is 26.2. The van der Waals surface area contributed by atoms with E-state index in [1.807, 2.05) is 0 Å². The average Bonchev–Trinajstić information content (AvgIpc) is 1.95. The lowest BCUT2D eigenvalue weighted by molar-refractivity contribution is -0.179. The molecule has 0 amide bonds. The van der Waals surface area contributed by atoms with Crippen LogP contribution in [0.5, 0.6) is 0 Å². The van der Waals surface area contributed by atoms with Gasteiger partial charge in [0.05, 0.1) is 6.61 Å². The van der Waals surface area contributed by atoms with Crippen molar-refractivity contribution in [2.75, 3.05) is 6.61 Å². The summed E-state index contributed by atoms with van der Waals surface area (Å²) in [6, 6.07) is 0. The fourth-order valence-electron chi connectivity index (χ4n) is 0.742. The van der Waals surface area contributed by atoms with E-state index in [2.05, 4.69) is 0 Å². The minimum Gasteiger partial charge on any atom is -0.393 e. The van der Waals surface area contributed by atoms with Gasteiger partial charge in [0.1, 0.15) is 12.2 Å². The smallest absolute Gasteiger partial charge is 0.185 e. The molecule has 0 aliphatic carbocycles. The van der Waals surface area contributed by atoms with Crippen LogP contribution in [0, 0.1) is 0 Å². The van der Waals surface area contributed by atoms with Gasteiger partial charge in [-0.2, -0.15) is 0 Å².